The van der Waals surface area contributed by atoms with E-state index in [1.807, 2.05) is 0 Å². The Morgan fingerprint density at radius 1 is 0.975 bits per heavy atom. The Hall–Kier alpha value is -3.92. The van der Waals surface area contributed by atoms with E-state index in [2.05, 4.69) is 5.32 Å². The summed E-state index contributed by atoms with van der Waals surface area (Å²) in [6, 6.07) is 19.3. The van der Waals surface area contributed by atoms with Crippen LogP contribution in [0.1, 0.15) is 38.2 Å². The number of para-hydroxylation sites is 2. The number of amides is 2. The molecule has 1 N–H and O–H groups in total. The van der Waals surface area contributed by atoms with Gasteiger partial charge in [0.15, 0.2) is 0 Å². The highest BCUT2D eigenvalue weighted by Gasteiger charge is 2.34. The number of carbonyl (C=O) groups excluding carboxylic acids is 2. The van der Waals surface area contributed by atoms with Crippen molar-refractivity contribution >= 4 is 27.5 Å². The Balaban J connectivity index is 1.71. The molecule has 10 heteroatoms. The van der Waals surface area contributed by atoms with Crippen LogP contribution in [0.2, 0.25) is 0 Å². The topological polar surface area (TPSA) is 96.0 Å². The third-order valence-corrected chi connectivity index (χ3v) is 8.91. The van der Waals surface area contributed by atoms with E-state index in [1.165, 1.54) is 42.3 Å². The maximum atomic E-state index is 14.7. The van der Waals surface area contributed by atoms with Crippen LogP contribution in [0.25, 0.3) is 0 Å². The van der Waals surface area contributed by atoms with E-state index < -0.39 is 34.3 Å². The Morgan fingerprint density at radius 2 is 1.60 bits per heavy atom. The summed E-state index contributed by atoms with van der Waals surface area (Å²) in [5.74, 6) is -1.31. The number of hydrogen-bond donors (Lipinski definition) is 1. The number of hydrogen-bond acceptors (Lipinski definition) is 5. The van der Waals surface area contributed by atoms with Crippen LogP contribution >= 0.6 is 0 Å². The molecule has 40 heavy (non-hydrogen) atoms. The molecule has 1 aliphatic rings. The molecule has 3 aromatic rings. The molecule has 0 radical (unpaired) electrons. The second-order valence-electron chi connectivity index (χ2n) is 9.78. The molecule has 0 heterocycles. The van der Waals surface area contributed by atoms with E-state index in [0.29, 0.717) is 0 Å². The minimum Gasteiger partial charge on any atom is -0.495 e. The van der Waals surface area contributed by atoms with Gasteiger partial charge < -0.3 is 15.0 Å². The van der Waals surface area contributed by atoms with Gasteiger partial charge in [-0.1, -0.05) is 61.4 Å². The van der Waals surface area contributed by atoms with E-state index in [1.54, 1.807) is 55.5 Å². The van der Waals surface area contributed by atoms with Crippen LogP contribution in [0.5, 0.6) is 5.75 Å². The number of nitrogens with one attached hydrogen (secondary N) is 1. The third kappa shape index (κ3) is 6.62. The van der Waals surface area contributed by atoms with E-state index in [0.717, 1.165) is 30.0 Å². The molecule has 1 aliphatic carbocycles. The van der Waals surface area contributed by atoms with Crippen molar-refractivity contribution in [3.8, 4) is 5.75 Å². The van der Waals surface area contributed by atoms with Gasteiger partial charge in [-0.05, 0) is 50.1 Å². The van der Waals surface area contributed by atoms with Crippen LogP contribution in [0.15, 0.2) is 83.8 Å². The van der Waals surface area contributed by atoms with Crippen LogP contribution in [-0.2, 0) is 26.2 Å². The average Bonchev–Trinajstić information content (AvgIpc) is 3.48. The first kappa shape index (κ1) is 29.1. The molecular formula is C30H34FN3O5S. The summed E-state index contributed by atoms with van der Waals surface area (Å²) < 4.78 is 48.8. The van der Waals surface area contributed by atoms with Crippen molar-refractivity contribution in [3.05, 3.63) is 90.2 Å². The summed E-state index contributed by atoms with van der Waals surface area (Å²) >= 11 is 0. The molecule has 0 bridgehead atoms. The van der Waals surface area contributed by atoms with Crippen LogP contribution < -0.4 is 14.4 Å². The SMILES string of the molecule is COc1ccccc1N(CC(=O)N(Cc1ccccc1F)[C@H](C)C(=O)NC1CCCC1)S(=O)(=O)c1ccccc1. The normalized spacial score (nSPS) is 14.4. The van der Waals surface area contributed by atoms with Gasteiger partial charge in [0.2, 0.25) is 11.8 Å². The summed E-state index contributed by atoms with van der Waals surface area (Å²) in [5, 5.41) is 3.00. The number of sulfonamides is 1. The lowest BCUT2D eigenvalue weighted by atomic mass is 10.1. The van der Waals surface area contributed by atoms with Gasteiger partial charge in [0, 0.05) is 18.2 Å². The highest BCUT2D eigenvalue weighted by Crippen LogP contribution is 2.32. The molecule has 0 unspecified atom stereocenters. The summed E-state index contributed by atoms with van der Waals surface area (Å²) in [7, 11) is -2.82. The number of nitrogens with zero attached hydrogens (tertiary/aromatic N) is 2. The Bertz CT molecular complexity index is 1430. The first-order chi connectivity index (χ1) is 19.2. The maximum absolute atomic E-state index is 14.7. The number of anilines is 1. The molecule has 3 aromatic carbocycles. The number of benzene rings is 3. The maximum Gasteiger partial charge on any atom is 0.264 e. The molecule has 2 amide bonds. The molecule has 0 saturated heterocycles. The lowest BCUT2D eigenvalue weighted by molar-refractivity contribution is -0.139. The molecule has 0 spiro atoms. The minimum atomic E-state index is -4.23. The van der Waals surface area contributed by atoms with Crippen molar-refractivity contribution in [3.63, 3.8) is 0 Å². The highest BCUT2D eigenvalue weighted by molar-refractivity contribution is 7.92. The van der Waals surface area contributed by atoms with Gasteiger partial charge in [-0.25, -0.2) is 12.8 Å². The third-order valence-electron chi connectivity index (χ3n) is 7.13. The molecule has 8 nitrogen and oxygen atoms in total. The summed E-state index contributed by atoms with van der Waals surface area (Å²) in [4.78, 5) is 28.4. The smallest absolute Gasteiger partial charge is 0.264 e. The number of rotatable bonds is 11. The zero-order valence-electron chi connectivity index (χ0n) is 22.6. The van der Waals surface area contributed by atoms with Gasteiger partial charge in [0.1, 0.15) is 24.2 Å². The number of methoxy groups -OCH3 is 1. The van der Waals surface area contributed by atoms with Gasteiger partial charge in [-0.3, -0.25) is 13.9 Å². The predicted octanol–water partition coefficient (Wildman–Crippen LogP) is 4.51. The van der Waals surface area contributed by atoms with Crippen molar-refractivity contribution < 1.29 is 27.1 Å². The average molecular weight is 568 g/mol. The highest BCUT2D eigenvalue weighted by atomic mass is 32.2. The largest absolute Gasteiger partial charge is 0.495 e. The fourth-order valence-corrected chi connectivity index (χ4v) is 6.30. The second-order valence-corrected chi connectivity index (χ2v) is 11.6. The van der Waals surface area contributed by atoms with E-state index >= 15 is 0 Å². The molecule has 0 aliphatic heterocycles. The molecule has 1 fully saturated rings. The summed E-state index contributed by atoms with van der Waals surface area (Å²) in [6.45, 7) is 0.727. The molecule has 0 aromatic heterocycles. The Kier molecular flexibility index (Phi) is 9.42. The fraction of sp³-hybridized carbons (Fsp3) is 0.333. The van der Waals surface area contributed by atoms with Crippen molar-refractivity contribution in [1.29, 1.82) is 0 Å². The van der Waals surface area contributed by atoms with Crippen LogP contribution in [0.4, 0.5) is 10.1 Å². The lowest BCUT2D eigenvalue weighted by Crippen LogP contribution is -2.52. The van der Waals surface area contributed by atoms with E-state index in [9.17, 15) is 22.4 Å². The van der Waals surface area contributed by atoms with Crippen molar-refractivity contribution in [1.82, 2.24) is 10.2 Å². The second kappa shape index (κ2) is 13.0. The molecule has 212 valence electrons. The molecular weight excluding hydrogens is 533 g/mol. The Labute approximate surface area is 234 Å². The van der Waals surface area contributed by atoms with Gasteiger partial charge in [0.05, 0.1) is 17.7 Å². The van der Waals surface area contributed by atoms with Gasteiger partial charge >= 0.3 is 0 Å². The van der Waals surface area contributed by atoms with Crippen LogP contribution in [-0.4, -0.2) is 50.9 Å². The fourth-order valence-electron chi connectivity index (χ4n) is 4.85. The zero-order valence-corrected chi connectivity index (χ0v) is 23.4. The van der Waals surface area contributed by atoms with Gasteiger partial charge in [-0.2, -0.15) is 0 Å². The number of ether oxygens (including phenoxy) is 1. The van der Waals surface area contributed by atoms with E-state index in [4.69, 9.17) is 4.74 Å². The standard InChI is InChI=1S/C30H34FN3O5S/c1-22(30(36)32-24-13-7-8-14-24)33(20-23-12-6-9-17-26(23)31)29(35)21-34(27-18-10-11-19-28(27)39-2)40(37,38)25-15-4-3-5-16-25/h3-6,9-12,15-19,22,24H,7-8,13-14,20-21H2,1-2H3,(H,32,36)/t22-/m1/s1. The van der Waals surface area contributed by atoms with E-state index in [-0.39, 0.29) is 40.4 Å². The predicted molar refractivity (Wildman–Crippen MR) is 151 cm³/mol. The quantitative estimate of drug-likeness (QED) is 0.368. The molecule has 4 rings (SSSR count). The summed E-state index contributed by atoms with van der Waals surface area (Å²) in [5.41, 5.74) is 0.377. The minimum absolute atomic E-state index is 0.0126. The van der Waals surface area contributed by atoms with Gasteiger partial charge in [0.25, 0.3) is 10.0 Å². The monoisotopic (exact) mass is 567 g/mol. The first-order valence-electron chi connectivity index (χ1n) is 13.3. The van der Waals surface area contributed by atoms with Crippen LogP contribution in [0, 0.1) is 5.82 Å². The number of halogens is 1. The van der Waals surface area contributed by atoms with Gasteiger partial charge in [-0.15, -0.1) is 0 Å². The van der Waals surface area contributed by atoms with Crippen molar-refractivity contribution in [2.75, 3.05) is 18.0 Å². The first-order valence-corrected chi connectivity index (χ1v) is 14.7. The Morgan fingerprint density at radius 3 is 2.27 bits per heavy atom. The van der Waals surface area contributed by atoms with Crippen molar-refractivity contribution in [2.24, 2.45) is 0 Å². The van der Waals surface area contributed by atoms with Crippen LogP contribution in [0.3, 0.4) is 0 Å². The molecule has 1 saturated carbocycles. The molecule has 1 atom stereocenters. The zero-order chi connectivity index (χ0) is 28.7. The van der Waals surface area contributed by atoms with Crippen molar-refractivity contribution in [2.45, 2.75) is 56.1 Å². The lowest BCUT2D eigenvalue weighted by Gasteiger charge is -2.33. The summed E-state index contributed by atoms with van der Waals surface area (Å²) in [6.07, 6.45) is 3.75. The number of carbonyl (C=O) groups is 2.